The van der Waals surface area contributed by atoms with E-state index in [2.05, 4.69) is 52.0 Å². The van der Waals surface area contributed by atoms with Crippen LogP contribution in [0.25, 0.3) is 0 Å². The van der Waals surface area contributed by atoms with E-state index in [1.807, 2.05) is 12.2 Å². The third-order valence-electron chi connectivity index (χ3n) is 12.5. The molecule has 4 aliphatic carbocycles. The molecular formula is C44H72CaO9. The fourth-order valence-corrected chi connectivity index (χ4v) is 9.77. The van der Waals surface area contributed by atoms with E-state index in [0.717, 1.165) is 103 Å². The summed E-state index contributed by atoms with van der Waals surface area (Å²) >= 11 is 0. The molecule has 0 radical (unpaired) electrons. The van der Waals surface area contributed by atoms with Crippen molar-refractivity contribution in [1.29, 1.82) is 0 Å². The Morgan fingerprint density at radius 3 is 1.41 bits per heavy atom. The summed E-state index contributed by atoms with van der Waals surface area (Å²) < 4.78 is 0. The van der Waals surface area contributed by atoms with E-state index in [9.17, 15) is 40.2 Å². The number of carbonyl (C=O) groups is 2. The first-order valence-corrected chi connectivity index (χ1v) is 20.6. The minimum atomic E-state index is -0.982. The van der Waals surface area contributed by atoms with Gasteiger partial charge in [-0.2, -0.15) is 0 Å². The predicted molar refractivity (Wildman–Crippen MR) is 212 cm³/mol. The number of rotatable bonds is 20. The monoisotopic (exact) mass is 784 g/mol. The third kappa shape index (κ3) is 16.1. The number of aliphatic hydroxyl groups excluding tert-OH is 4. The molecule has 4 saturated carbocycles. The van der Waals surface area contributed by atoms with Crippen LogP contribution in [0.5, 0.6) is 0 Å². The molecule has 4 aliphatic rings. The summed E-state index contributed by atoms with van der Waals surface area (Å²) in [5.74, 6) is -0.938. The van der Waals surface area contributed by atoms with E-state index in [-0.39, 0.29) is 90.9 Å². The van der Waals surface area contributed by atoms with Crippen LogP contribution in [0.3, 0.4) is 0 Å². The van der Waals surface area contributed by atoms with Gasteiger partial charge >= 0.3 is 37.7 Å². The standard InChI is InChI=1S/2C22H36O4.Ca.H2O/c2*1-3-4-5-9-17(23)11-12-18-19-13-16(8-6-7-10-21(25)26)14-22(19,2)15-20(18)24;;/h2*8,11-12,17-20,23-24H,3-7,9-10,13-15H2,1-2H3,(H,25,26);;1H2/q;;+2;/p-2/b2*12-11+,16-8-;;/t2*17-,18+,19+,20+,22-;;/m00../s1. The molecule has 0 spiro atoms. The topological polar surface area (TPSA) is 193 Å². The molecule has 304 valence electrons. The fourth-order valence-electron chi connectivity index (χ4n) is 9.77. The number of aliphatic hydroxyl groups is 4. The van der Waals surface area contributed by atoms with Crippen molar-refractivity contribution in [1.82, 2.24) is 0 Å². The van der Waals surface area contributed by atoms with Crippen molar-refractivity contribution in [2.45, 2.75) is 181 Å². The average Bonchev–Trinajstić information content (AvgIpc) is 3.71. The first-order valence-electron chi connectivity index (χ1n) is 20.6. The van der Waals surface area contributed by atoms with Crippen LogP contribution >= 0.6 is 0 Å². The molecule has 6 N–H and O–H groups in total. The molecule has 4 rings (SSSR count). The predicted octanol–water partition coefficient (Wildman–Crippen LogP) is 5.05. The van der Waals surface area contributed by atoms with Gasteiger partial charge in [0.15, 0.2) is 0 Å². The Morgan fingerprint density at radius 2 is 1.07 bits per heavy atom. The second-order valence-electron chi connectivity index (χ2n) is 17.1. The summed E-state index contributed by atoms with van der Waals surface area (Å²) in [6, 6.07) is 0. The molecule has 54 heavy (non-hydrogen) atoms. The molecule has 0 saturated heterocycles. The molecule has 4 fully saturated rings. The molecule has 9 nitrogen and oxygen atoms in total. The smallest absolute Gasteiger partial charge is 0.550 e. The van der Waals surface area contributed by atoms with E-state index < -0.39 is 24.1 Å². The number of allylic oxidation sites excluding steroid dienone is 4. The van der Waals surface area contributed by atoms with Gasteiger partial charge in [-0.05, 0) is 113 Å². The summed E-state index contributed by atoms with van der Waals surface area (Å²) in [7, 11) is 0. The number of carboxylic acids is 2. The normalized spacial score (nSPS) is 32.6. The molecule has 0 unspecified atom stereocenters. The number of hydrogen-bond donors (Lipinski definition) is 4. The number of carbonyl (C=O) groups excluding carboxylic acids is 2. The molecular weight excluding hydrogens is 713 g/mol. The third-order valence-corrected chi connectivity index (χ3v) is 12.5. The molecule has 10 heteroatoms. The average molecular weight is 785 g/mol. The Bertz CT molecular complexity index is 1150. The van der Waals surface area contributed by atoms with Crippen molar-refractivity contribution < 1.29 is 45.7 Å². The molecule has 0 aromatic heterocycles. The Kier molecular flexibility index (Phi) is 23.9. The van der Waals surface area contributed by atoms with Crippen LogP contribution in [0, 0.1) is 34.5 Å². The second kappa shape index (κ2) is 25.3. The molecule has 0 aromatic rings. The number of aliphatic carboxylic acids is 2. The van der Waals surface area contributed by atoms with Crippen molar-refractivity contribution in [3.05, 3.63) is 47.6 Å². The first-order chi connectivity index (χ1) is 24.7. The van der Waals surface area contributed by atoms with Crippen molar-refractivity contribution in [2.24, 2.45) is 34.5 Å². The first kappa shape index (κ1) is 51.0. The summed E-state index contributed by atoms with van der Waals surface area (Å²) in [4.78, 5) is 21.0. The van der Waals surface area contributed by atoms with Gasteiger partial charge in [0.2, 0.25) is 0 Å². The van der Waals surface area contributed by atoms with Crippen LogP contribution in [0.4, 0.5) is 0 Å². The van der Waals surface area contributed by atoms with E-state index >= 15 is 0 Å². The van der Waals surface area contributed by atoms with Crippen LogP contribution < -0.4 is 10.2 Å². The molecule has 10 atom stereocenters. The van der Waals surface area contributed by atoms with Crippen molar-refractivity contribution >= 4 is 49.7 Å². The van der Waals surface area contributed by atoms with Gasteiger partial charge < -0.3 is 45.7 Å². The van der Waals surface area contributed by atoms with Gasteiger partial charge in [-0.1, -0.05) is 114 Å². The van der Waals surface area contributed by atoms with Crippen LogP contribution in [0.1, 0.15) is 156 Å². The summed E-state index contributed by atoms with van der Waals surface area (Å²) in [5.41, 5.74) is 3.01. The molecule has 0 aromatic carbocycles. The molecule has 0 amide bonds. The minimum Gasteiger partial charge on any atom is -0.550 e. The number of hydrogen-bond acceptors (Lipinski definition) is 8. The Morgan fingerprint density at radius 1 is 0.704 bits per heavy atom. The van der Waals surface area contributed by atoms with Crippen LogP contribution in [0.2, 0.25) is 0 Å². The largest absolute Gasteiger partial charge is 2.00 e. The van der Waals surface area contributed by atoms with E-state index in [4.69, 9.17) is 0 Å². The van der Waals surface area contributed by atoms with Crippen LogP contribution in [-0.4, -0.2) is 100.0 Å². The van der Waals surface area contributed by atoms with Gasteiger partial charge in [-0.3, -0.25) is 0 Å². The number of unbranched alkanes of at least 4 members (excludes halogenated alkanes) is 6. The Balaban J connectivity index is 0.000000521. The maximum Gasteiger partial charge on any atom is 2.00 e. The summed E-state index contributed by atoms with van der Waals surface area (Å²) in [6.07, 6.45) is 27.6. The van der Waals surface area contributed by atoms with Crippen LogP contribution in [0.15, 0.2) is 47.6 Å². The van der Waals surface area contributed by atoms with E-state index in [0.29, 0.717) is 24.7 Å². The zero-order chi connectivity index (χ0) is 38.3. The van der Waals surface area contributed by atoms with Gasteiger partial charge in [0.1, 0.15) is 0 Å². The summed E-state index contributed by atoms with van der Waals surface area (Å²) in [6.45, 7) is 8.83. The van der Waals surface area contributed by atoms with Gasteiger partial charge in [0.05, 0.1) is 24.4 Å². The fraction of sp³-hybridized carbons (Fsp3) is 0.773. The Labute approximate surface area is 355 Å². The number of fused-ring (bicyclic) bond motifs is 2. The van der Waals surface area contributed by atoms with Crippen molar-refractivity contribution in [3.8, 4) is 0 Å². The quantitative estimate of drug-likeness (QED) is 0.0749. The maximum absolute atomic E-state index is 10.5. The SMILES string of the molecule is CCCCC[C@H](O)/C=C/[C@H]1[C@H](O)C[C@]2(C)C/C(=C\CCCC(=O)[O-])C[C@H]12.CCCCC[C@H](O)/C=C/[C@H]1[C@H](O)C[C@]2(C)C/C(=C\CCCC(=O)[O-])C[C@H]12.O.[Ca+2]. The van der Waals surface area contributed by atoms with Gasteiger partial charge in [-0.15, -0.1) is 0 Å². The zero-order valence-electron chi connectivity index (χ0n) is 33.9. The van der Waals surface area contributed by atoms with Crippen molar-refractivity contribution in [2.75, 3.05) is 0 Å². The van der Waals surface area contributed by atoms with Crippen molar-refractivity contribution in [3.63, 3.8) is 0 Å². The molecule has 0 heterocycles. The molecule has 0 aliphatic heterocycles. The zero-order valence-corrected chi connectivity index (χ0v) is 36.1. The van der Waals surface area contributed by atoms with E-state index in [1.54, 1.807) is 0 Å². The molecule has 0 bridgehead atoms. The Hall–Kier alpha value is -1.04. The maximum atomic E-state index is 10.5. The minimum absolute atomic E-state index is 0. The van der Waals surface area contributed by atoms with E-state index in [1.165, 1.54) is 11.1 Å². The van der Waals surface area contributed by atoms with Gasteiger partial charge in [0, 0.05) is 23.8 Å². The second-order valence-corrected chi connectivity index (χ2v) is 17.1. The number of carboxylic acid groups (broad SMARTS) is 2. The van der Waals surface area contributed by atoms with Gasteiger partial charge in [0.25, 0.3) is 0 Å². The van der Waals surface area contributed by atoms with Gasteiger partial charge in [-0.25, -0.2) is 0 Å². The summed E-state index contributed by atoms with van der Waals surface area (Å²) in [5, 5.41) is 62.3. The van der Waals surface area contributed by atoms with Crippen LogP contribution in [-0.2, 0) is 9.59 Å².